The number of hydrogen-bond donors (Lipinski definition) is 1. The lowest BCUT2D eigenvalue weighted by molar-refractivity contribution is 0.0146. The quantitative estimate of drug-likeness (QED) is 0.860. The monoisotopic (exact) mass is 287 g/mol. The summed E-state index contributed by atoms with van der Waals surface area (Å²) in [6.45, 7) is 4.01. The second-order valence-corrected chi connectivity index (χ2v) is 4.99. The average molecular weight is 287 g/mol. The molecule has 0 unspecified atom stereocenters. The van der Waals surface area contributed by atoms with Crippen LogP contribution in [0.3, 0.4) is 0 Å². The normalized spacial score (nSPS) is 15.4. The molecule has 1 saturated heterocycles. The molecule has 1 aromatic rings. The molecule has 0 atom stereocenters. The number of carbonyl (C=O) groups is 1. The lowest BCUT2D eigenvalue weighted by Crippen LogP contribution is -2.40. The largest absolute Gasteiger partial charge is 0.384 e. The summed E-state index contributed by atoms with van der Waals surface area (Å²) in [6, 6.07) is 7.24. The zero-order chi connectivity index (χ0) is 15.1. The molecule has 0 saturated carbocycles. The number of amides is 1. The van der Waals surface area contributed by atoms with E-state index in [2.05, 4.69) is 11.8 Å². The van der Waals surface area contributed by atoms with Gasteiger partial charge in [0.05, 0.1) is 6.10 Å². The first-order valence-electron chi connectivity index (χ1n) is 7.35. The minimum atomic E-state index is -0.177. The van der Waals surface area contributed by atoms with Crippen molar-refractivity contribution in [1.82, 2.24) is 4.90 Å². The minimum Gasteiger partial charge on any atom is -0.384 e. The van der Waals surface area contributed by atoms with Crippen LogP contribution in [-0.4, -0.2) is 48.3 Å². The Hall–Kier alpha value is -1.83. The van der Waals surface area contributed by atoms with Crippen LogP contribution in [0.15, 0.2) is 24.3 Å². The molecule has 1 fully saturated rings. The Kier molecular flexibility index (Phi) is 5.79. The van der Waals surface area contributed by atoms with Crippen molar-refractivity contribution in [3.63, 3.8) is 0 Å². The number of likely N-dealkylation sites (tertiary alicyclic amines) is 1. The topological polar surface area (TPSA) is 49.8 Å². The molecule has 1 amide bonds. The highest BCUT2D eigenvalue weighted by atomic mass is 16.5. The summed E-state index contributed by atoms with van der Waals surface area (Å²) in [7, 11) is 0. The van der Waals surface area contributed by atoms with Crippen molar-refractivity contribution in [1.29, 1.82) is 0 Å². The van der Waals surface area contributed by atoms with Gasteiger partial charge in [0, 0.05) is 30.8 Å². The van der Waals surface area contributed by atoms with E-state index in [1.165, 1.54) is 0 Å². The fourth-order valence-corrected chi connectivity index (χ4v) is 2.52. The van der Waals surface area contributed by atoms with Crippen LogP contribution in [0.5, 0.6) is 0 Å². The van der Waals surface area contributed by atoms with E-state index < -0.39 is 0 Å². The molecule has 1 N–H and O–H groups in total. The molecular weight excluding hydrogens is 266 g/mol. The Morgan fingerprint density at radius 2 is 2.19 bits per heavy atom. The predicted molar refractivity (Wildman–Crippen MR) is 81.0 cm³/mol. The Balaban J connectivity index is 2.00. The van der Waals surface area contributed by atoms with Crippen molar-refractivity contribution in [2.45, 2.75) is 25.9 Å². The summed E-state index contributed by atoms with van der Waals surface area (Å²) in [6.07, 6.45) is 2.06. The standard InChI is InChI=1S/C17H21NO3/c1-2-21-16-8-10-18(11-9-16)17(20)15-7-3-5-14(13-15)6-4-12-19/h3,5,7,13,16,19H,2,8-12H2,1H3. The van der Waals surface area contributed by atoms with Crippen molar-refractivity contribution in [2.24, 2.45) is 0 Å². The number of hydrogen-bond acceptors (Lipinski definition) is 3. The number of nitrogens with zero attached hydrogens (tertiary/aromatic N) is 1. The maximum Gasteiger partial charge on any atom is 0.253 e. The van der Waals surface area contributed by atoms with E-state index in [0.29, 0.717) is 5.56 Å². The Morgan fingerprint density at radius 3 is 2.86 bits per heavy atom. The van der Waals surface area contributed by atoms with E-state index >= 15 is 0 Å². The molecule has 2 rings (SSSR count). The average Bonchev–Trinajstić information content (AvgIpc) is 2.53. The molecule has 4 heteroatoms. The molecule has 0 spiro atoms. The van der Waals surface area contributed by atoms with E-state index in [1.54, 1.807) is 12.1 Å². The third-order valence-corrected chi connectivity index (χ3v) is 3.55. The maximum absolute atomic E-state index is 12.5. The van der Waals surface area contributed by atoms with E-state index in [1.807, 2.05) is 24.0 Å². The van der Waals surface area contributed by atoms with Gasteiger partial charge >= 0.3 is 0 Å². The lowest BCUT2D eigenvalue weighted by Gasteiger charge is -2.31. The molecule has 0 aliphatic carbocycles. The van der Waals surface area contributed by atoms with Gasteiger partial charge in [-0.25, -0.2) is 0 Å². The van der Waals surface area contributed by atoms with Crippen LogP contribution >= 0.6 is 0 Å². The molecule has 0 radical (unpaired) electrons. The van der Waals surface area contributed by atoms with Gasteiger partial charge < -0.3 is 14.7 Å². The summed E-state index contributed by atoms with van der Waals surface area (Å²) in [5.74, 6) is 5.46. The smallest absolute Gasteiger partial charge is 0.253 e. The highest BCUT2D eigenvalue weighted by Crippen LogP contribution is 2.16. The first-order valence-corrected chi connectivity index (χ1v) is 7.35. The number of benzene rings is 1. The van der Waals surface area contributed by atoms with Crippen molar-refractivity contribution in [2.75, 3.05) is 26.3 Å². The number of ether oxygens (including phenoxy) is 1. The van der Waals surface area contributed by atoms with Crippen LogP contribution in [0.25, 0.3) is 0 Å². The van der Waals surface area contributed by atoms with Gasteiger partial charge in [0.2, 0.25) is 0 Å². The summed E-state index contributed by atoms with van der Waals surface area (Å²) in [5.41, 5.74) is 1.40. The highest BCUT2D eigenvalue weighted by molar-refractivity contribution is 5.94. The maximum atomic E-state index is 12.5. The van der Waals surface area contributed by atoms with E-state index in [0.717, 1.165) is 38.1 Å². The SMILES string of the molecule is CCOC1CCN(C(=O)c2cccc(C#CCO)c2)CC1. The van der Waals surface area contributed by atoms with Gasteiger partial charge in [-0.1, -0.05) is 17.9 Å². The number of aliphatic hydroxyl groups is 1. The molecule has 4 nitrogen and oxygen atoms in total. The summed E-state index contributed by atoms with van der Waals surface area (Å²) in [4.78, 5) is 14.3. The Labute approximate surface area is 125 Å². The van der Waals surface area contributed by atoms with Crippen LogP contribution < -0.4 is 0 Å². The molecule has 1 aliphatic rings. The minimum absolute atomic E-state index is 0.0394. The van der Waals surface area contributed by atoms with Crippen molar-refractivity contribution >= 4 is 5.91 Å². The highest BCUT2D eigenvalue weighted by Gasteiger charge is 2.23. The van der Waals surface area contributed by atoms with Crippen molar-refractivity contribution in [3.8, 4) is 11.8 Å². The zero-order valence-electron chi connectivity index (χ0n) is 12.3. The molecule has 1 aromatic carbocycles. The van der Waals surface area contributed by atoms with Crippen LogP contribution in [0, 0.1) is 11.8 Å². The number of aliphatic hydroxyl groups excluding tert-OH is 1. The molecule has 1 heterocycles. The van der Waals surface area contributed by atoms with Gasteiger partial charge in [0.15, 0.2) is 0 Å². The second-order valence-electron chi connectivity index (χ2n) is 4.99. The van der Waals surface area contributed by atoms with Crippen molar-refractivity contribution < 1.29 is 14.6 Å². The van der Waals surface area contributed by atoms with Gasteiger partial charge in [0.25, 0.3) is 5.91 Å². The van der Waals surface area contributed by atoms with Gasteiger partial charge in [-0.2, -0.15) is 0 Å². The number of piperidine rings is 1. The molecule has 1 aliphatic heterocycles. The zero-order valence-corrected chi connectivity index (χ0v) is 12.3. The van der Waals surface area contributed by atoms with E-state index in [4.69, 9.17) is 9.84 Å². The van der Waals surface area contributed by atoms with Gasteiger partial charge in [-0.05, 0) is 38.0 Å². The molecule has 112 valence electrons. The third kappa shape index (κ3) is 4.32. The van der Waals surface area contributed by atoms with E-state index in [-0.39, 0.29) is 18.6 Å². The predicted octanol–water partition coefficient (Wildman–Crippen LogP) is 1.67. The summed E-state index contributed by atoms with van der Waals surface area (Å²) >= 11 is 0. The molecule has 0 bridgehead atoms. The number of rotatable bonds is 3. The Bertz CT molecular complexity index is 536. The first kappa shape index (κ1) is 15.6. The van der Waals surface area contributed by atoms with Crippen LogP contribution in [0.2, 0.25) is 0 Å². The van der Waals surface area contributed by atoms with Gasteiger partial charge in [-0.15, -0.1) is 0 Å². The fraction of sp³-hybridized carbons (Fsp3) is 0.471. The number of carbonyl (C=O) groups excluding carboxylic acids is 1. The summed E-state index contributed by atoms with van der Waals surface area (Å²) in [5, 5.41) is 8.72. The van der Waals surface area contributed by atoms with Crippen LogP contribution in [-0.2, 0) is 4.74 Å². The second kappa shape index (κ2) is 7.82. The van der Waals surface area contributed by atoms with Crippen LogP contribution in [0.1, 0.15) is 35.7 Å². The van der Waals surface area contributed by atoms with Gasteiger partial charge in [0.1, 0.15) is 6.61 Å². The molecule has 21 heavy (non-hydrogen) atoms. The lowest BCUT2D eigenvalue weighted by atomic mass is 10.1. The van der Waals surface area contributed by atoms with E-state index in [9.17, 15) is 4.79 Å². The summed E-state index contributed by atoms with van der Waals surface area (Å²) < 4.78 is 5.60. The Morgan fingerprint density at radius 1 is 1.43 bits per heavy atom. The molecule has 0 aromatic heterocycles. The third-order valence-electron chi connectivity index (χ3n) is 3.55. The fourth-order valence-electron chi connectivity index (χ4n) is 2.52. The van der Waals surface area contributed by atoms with Gasteiger partial charge in [-0.3, -0.25) is 4.79 Å². The van der Waals surface area contributed by atoms with Crippen molar-refractivity contribution in [3.05, 3.63) is 35.4 Å². The molecular formula is C17H21NO3. The van der Waals surface area contributed by atoms with Crippen LogP contribution in [0.4, 0.5) is 0 Å². The first-order chi connectivity index (χ1) is 10.2.